The molecule has 0 amide bonds. The van der Waals surface area contributed by atoms with Crippen LogP contribution < -0.4 is 10.5 Å². The SMILES string of the molecule is COc1ccc(C(C)(C)C)cc1C(=O)c1ccc(N)cc1. The lowest BCUT2D eigenvalue weighted by molar-refractivity contribution is 0.103. The Morgan fingerprint density at radius 2 is 1.67 bits per heavy atom. The molecule has 0 aliphatic rings. The molecule has 3 heteroatoms. The number of nitrogen functional groups attached to an aromatic ring is 1. The van der Waals surface area contributed by atoms with E-state index in [4.69, 9.17) is 10.5 Å². The van der Waals surface area contributed by atoms with Gasteiger partial charge in [0.25, 0.3) is 0 Å². The first-order chi connectivity index (χ1) is 9.82. The van der Waals surface area contributed by atoms with Crippen molar-refractivity contribution < 1.29 is 9.53 Å². The molecule has 0 fully saturated rings. The summed E-state index contributed by atoms with van der Waals surface area (Å²) in [4.78, 5) is 12.7. The molecule has 110 valence electrons. The lowest BCUT2D eigenvalue weighted by Gasteiger charge is -2.20. The van der Waals surface area contributed by atoms with Gasteiger partial charge < -0.3 is 10.5 Å². The Hall–Kier alpha value is -2.29. The summed E-state index contributed by atoms with van der Waals surface area (Å²) in [7, 11) is 1.58. The molecule has 0 heterocycles. The van der Waals surface area contributed by atoms with Crippen LogP contribution in [0.3, 0.4) is 0 Å². The van der Waals surface area contributed by atoms with Crippen molar-refractivity contribution in [2.45, 2.75) is 26.2 Å². The van der Waals surface area contributed by atoms with Crippen LogP contribution >= 0.6 is 0 Å². The maximum atomic E-state index is 12.7. The number of hydrogen-bond acceptors (Lipinski definition) is 3. The summed E-state index contributed by atoms with van der Waals surface area (Å²) < 4.78 is 5.33. The molecule has 0 atom stereocenters. The van der Waals surface area contributed by atoms with Gasteiger partial charge in [-0.1, -0.05) is 26.8 Å². The topological polar surface area (TPSA) is 52.3 Å². The van der Waals surface area contributed by atoms with Gasteiger partial charge in [0.1, 0.15) is 5.75 Å². The summed E-state index contributed by atoms with van der Waals surface area (Å²) in [5.41, 5.74) is 8.56. The number of methoxy groups -OCH3 is 1. The fourth-order valence-electron chi connectivity index (χ4n) is 2.14. The fourth-order valence-corrected chi connectivity index (χ4v) is 2.14. The molecule has 0 saturated carbocycles. The highest BCUT2D eigenvalue weighted by atomic mass is 16.5. The zero-order valence-electron chi connectivity index (χ0n) is 12.9. The van der Waals surface area contributed by atoms with Crippen LogP contribution in [0.15, 0.2) is 42.5 Å². The number of ether oxygens (including phenoxy) is 1. The van der Waals surface area contributed by atoms with Crippen LogP contribution in [0.5, 0.6) is 5.75 Å². The zero-order valence-corrected chi connectivity index (χ0v) is 12.9. The van der Waals surface area contributed by atoms with Crippen LogP contribution in [0.25, 0.3) is 0 Å². The number of benzene rings is 2. The number of hydrogen-bond donors (Lipinski definition) is 1. The van der Waals surface area contributed by atoms with Crippen molar-refractivity contribution in [3.8, 4) is 5.75 Å². The van der Waals surface area contributed by atoms with E-state index in [1.807, 2.05) is 18.2 Å². The number of carbonyl (C=O) groups excluding carboxylic acids is 1. The van der Waals surface area contributed by atoms with E-state index in [0.29, 0.717) is 22.6 Å². The minimum absolute atomic E-state index is 0.0254. The minimum Gasteiger partial charge on any atom is -0.496 e. The van der Waals surface area contributed by atoms with Crippen LogP contribution in [0.1, 0.15) is 42.3 Å². The molecule has 0 radical (unpaired) electrons. The fraction of sp³-hybridized carbons (Fsp3) is 0.278. The largest absolute Gasteiger partial charge is 0.496 e. The van der Waals surface area contributed by atoms with Crippen LogP contribution in [0, 0.1) is 0 Å². The summed E-state index contributed by atoms with van der Waals surface area (Å²) in [6.45, 7) is 6.35. The highest BCUT2D eigenvalue weighted by molar-refractivity contribution is 6.11. The van der Waals surface area contributed by atoms with Gasteiger partial charge in [-0.2, -0.15) is 0 Å². The van der Waals surface area contributed by atoms with Crippen molar-refractivity contribution in [1.29, 1.82) is 0 Å². The number of carbonyl (C=O) groups is 1. The first-order valence-corrected chi connectivity index (χ1v) is 6.91. The molecule has 0 saturated heterocycles. The Balaban J connectivity index is 2.50. The summed E-state index contributed by atoms with van der Waals surface area (Å²) in [5.74, 6) is 0.530. The van der Waals surface area contributed by atoms with Gasteiger partial charge in [-0.05, 0) is 47.4 Å². The second kappa shape index (κ2) is 5.60. The third-order valence-electron chi connectivity index (χ3n) is 3.48. The molecular formula is C18H21NO2. The highest BCUT2D eigenvalue weighted by Crippen LogP contribution is 2.29. The van der Waals surface area contributed by atoms with E-state index in [2.05, 4.69) is 20.8 Å². The number of ketones is 1. The van der Waals surface area contributed by atoms with E-state index in [1.165, 1.54) is 0 Å². The first-order valence-electron chi connectivity index (χ1n) is 6.91. The summed E-state index contributed by atoms with van der Waals surface area (Å²) in [6, 6.07) is 12.7. The maximum absolute atomic E-state index is 12.7. The Bertz CT molecular complexity index is 652. The number of rotatable bonds is 3. The van der Waals surface area contributed by atoms with Crippen LogP contribution in [0.2, 0.25) is 0 Å². The van der Waals surface area contributed by atoms with E-state index in [-0.39, 0.29) is 11.2 Å². The number of anilines is 1. The summed E-state index contributed by atoms with van der Waals surface area (Å²) in [6.07, 6.45) is 0. The second-order valence-corrected chi connectivity index (χ2v) is 6.12. The average molecular weight is 283 g/mol. The summed E-state index contributed by atoms with van der Waals surface area (Å²) in [5, 5.41) is 0. The van der Waals surface area contributed by atoms with Crippen molar-refractivity contribution in [1.82, 2.24) is 0 Å². The smallest absolute Gasteiger partial charge is 0.196 e. The molecule has 0 spiro atoms. The Kier molecular flexibility index (Phi) is 4.03. The van der Waals surface area contributed by atoms with Gasteiger partial charge in [-0.3, -0.25) is 4.79 Å². The molecule has 0 bridgehead atoms. The normalized spacial score (nSPS) is 11.2. The van der Waals surface area contributed by atoms with E-state index in [9.17, 15) is 4.79 Å². The van der Waals surface area contributed by atoms with Gasteiger partial charge in [0.15, 0.2) is 5.78 Å². The lowest BCUT2D eigenvalue weighted by Crippen LogP contribution is -2.13. The first kappa shape index (κ1) is 15.1. The Labute approximate surface area is 125 Å². The van der Waals surface area contributed by atoms with Crippen molar-refractivity contribution in [3.05, 3.63) is 59.2 Å². The van der Waals surface area contributed by atoms with Crippen molar-refractivity contribution in [2.75, 3.05) is 12.8 Å². The van der Waals surface area contributed by atoms with Crippen molar-refractivity contribution >= 4 is 11.5 Å². The predicted octanol–water partition coefficient (Wildman–Crippen LogP) is 3.81. The predicted molar refractivity (Wildman–Crippen MR) is 86.0 cm³/mol. The standard InChI is InChI=1S/C18H21NO2/c1-18(2,3)13-7-10-16(21-4)15(11-13)17(20)12-5-8-14(19)9-6-12/h5-11H,19H2,1-4H3. The van der Waals surface area contributed by atoms with Gasteiger partial charge in [0, 0.05) is 11.3 Å². The molecule has 2 aromatic rings. The zero-order chi connectivity index (χ0) is 15.6. The highest BCUT2D eigenvalue weighted by Gasteiger charge is 2.20. The van der Waals surface area contributed by atoms with Crippen molar-refractivity contribution in [2.24, 2.45) is 0 Å². The third-order valence-corrected chi connectivity index (χ3v) is 3.48. The van der Waals surface area contributed by atoms with E-state index in [1.54, 1.807) is 31.4 Å². The molecule has 2 rings (SSSR count). The van der Waals surface area contributed by atoms with Crippen molar-refractivity contribution in [3.63, 3.8) is 0 Å². The van der Waals surface area contributed by atoms with Gasteiger partial charge in [-0.25, -0.2) is 0 Å². The van der Waals surface area contributed by atoms with Gasteiger partial charge in [-0.15, -0.1) is 0 Å². The molecule has 3 nitrogen and oxygen atoms in total. The quantitative estimate of drug-likeness (QED) is 0.688. The molecule has 0 aliphatic heterocycles. The monoisotopic (exact) mass is 283 g/mol. The molecular weight excluding hydrogens is 262 g/mol. The molecule has 2 aromatic carbocycles. The Morgan fingerprint density at radius 1 is 1.05 bits per heavy atom. The van der Waals surface area contributed by atoms with Crippen LogP contribution in [-0.2, 0) is 5.41 Å². The molecule has 0 aliphatic carbocycles. The van der Waals surface area contributed by atoms with E-state index >= 15 is 0 Å². The van der Waals surface area contributed by atoms with Crippen LogP contribution in [0.4, 0.5) is 5.69 Å². The molecule has 2 N–H and O–H groups in total. The van der Waals surface area contributed by atoms with E-state index in [0.717, 1.165) is 5.56 Å². The molecule has 0 unspecified atom stereocenters. The number of nitrogens with two attached hydrogens (primary N) is 1. The van der Waals surface area contributed by atoms with Gasteiger partial charge in [0.05, 0.1) is 12.7 Å². The lowest BCUT2D eigenvalue weighted by atomic mass is 9.85. The third kappa shape index (κ3) is 3.24. The minimum atomic E-state index is -0.0575. The maximum Gasteiger partial charge on any atom is 0.196 e. The van der Waals surface area contributed by atoms with Gasteiger partial charge in [0.2, 0.25) is 0 Å². The average Bonchev–Trinajstić information content (AvgIpc) is 2.45. The molecule has 21 heavy (non-hydrogen) atoms. The second-order valence-electron chi connectivity index (χ2n) is 6.12. The summed E-state index contributed by atoms with van der Waals surface area (Å²) >= 11 is 0. The van der Waals surface area contributed by atoms with Crippen LogP contribution in [-0.4, -0.2) is 12.9 Å². The van der Waals surface area contributed by atoms with Gasteiger partial charge >= 0.3 is 0 Å². The molecule has 0 aromatic heterocycles. The Morgan fingerprint density at radius 3 is 2.19 bits per heavy atom. The van der Waals surface area contributed by atoms with E-state index < -0.39 is 0 Å².